The van der Waals surface area contributed by atoms with Crippen LogP contribution in [0.1, 0.15) is 11.5 Å². The normalized spacial score (nSPS) is 10.5. The van der Waals surface area contributed by atoms with Gasteiger partial charge in [-0.3, -0.25) is 0 Å². The summed E-state index contributed by atoms with van der Waals surface area (Å²) in [6, 6.07) is 15.2. The van der Waals surface area contributed by atoms with Gasteiger partial charge < -0.3 is 15.0 Å². The SMILES string of the molecule is COc1cccc(Cc2nc(-c3cccc(N)c3)no2)c1. The summed E-state index contributed by atoms with van der Waals surface area (Å²) in [4.78, 5) is 4.40. The molecule has 0 aliphatic rings. The van der Waals surface area contributed by atoms with Crippen molar-refractivity contribution in [1.29, 1.82) is 0 Å². The van der Waals surface area contributed by atoms with Gasteiger partial charge >= 0.3 is 0 Å². The van der Waals surface area contributed by atoms with E-state index < -0.39 is 0 Å². The summed E-state index contributed by atoms with van der Waals surface area (Å²) in [6.45, 7) is 0. The number of nitrogens with two attached hydrogens (primary N) is 1. The zero-order valence-electron chi connectivity index (χ0n) is 11.6. The Morgan fingerprint density at radius 3 is 2.81 bits per heavy atom. The standard InChI is InChI=1S/C16H15N3O2/c1-20-14-7-2-4-11(8-14)9-15-18-16(19-21-15)12-5-3-6-13(17)10-12/h2-8,10H,9,17H2,1H3. The average molecular weight is 281 g/mol. The first-order chi connectivity index (χ1) is 10.2. The molecule has 0 radical (unpaired) electrons. The zero-order chi connectivity index (χ0) is 14.7. The maximum absolute atomic E-state index is 5.76. The van der Waals surface area contributed by atoms with E-state index in [1.54, 1.807) is 7.11 Å². The van der Waals surface area contributed by atoms with Crippen molar-refractivity contribution < 1.29 is 9.26 Å². The number of aromatic nitrogens is 2. The van der Waals surface area contributed by atoms with Crippen LogP contribution >= 0.6 is 0 Å². The Bertz CT molecular complexity index is 753. The topological polar surface area (TPSA) is 74.2 Å². The van der Waals surface area contributed by atoms with Gasteiger partial charge in [-0.2, -0.15) is 4.98 Å². The molecule has 0 fully saturated rings. The molecule has 21 heavy (non-hydrogen) atoms. The van der Waals surface area contributed by atoms with Gasteiger partial charge in [0.1, 0.15) is 5.75 Å². The van der Waals surface area contributed by atoms with Crippen LogP contribution in [0.25, 0.3) is 11.4 Å². The molecule has 0 bridgehead atoms. The molecule has 0 unspecified atom stereocenters. The molecule has 0 saturated heterocycles. The number of ether oxygens (including phenoxy) is 1. The van der Waals surface area contributed by atoms with Crippen LogP contribution in [-0.2, 0) is 6.42 Å². The van der Waals surface area contributed by atoms with Crippen LogP contribution in [0.5, 0.6) is 5.75 Å². The van der Waals surface area contributed by atoms with Gasteiger partial charge in [0.05, 0.1) is 13.5 Å². The number of hydrogen-bond donors (Lipinski definition) is 1. The molecule has 106 valence electrons. The van der Waals surface area contributed by atoms with Gasteiger partial charge in [-0.15, -0.1) is 0 Å². The Morgan fingerprint density at radius 2 is 2.00 bits per heavy atom. The molecule has 5 heteroatoms. The van der Waals surface area contributed by atoms with Crippen LogP contribution in [0.2, 0.25) is 0 Å². The first kappa shape index (κ1) is 13.2. The fourth-order valence-corrected chi connectivity index (χ4v) is 2.08. The van der Waals surface area contributed by atoms with Gasteiger partial charge in [-0.1, -0.05) is 29.4 Å². The van der Waals surface area contributed by atoms with Gasteiger partial charge in [0.2, 0.25) is 11.7 Å². The monoisotopic (exact) mass is 281 g/mol. The second-order valence-electron chi connectivity index (χ2n) is 4.67. The number of benzene rings is 2. The molecule has 5 nitrogen and oxygen atoms in total. The molecule has 2 aromatic carbocycles. The van der Waals surface area contributed by atoms with E-state index in [1.807, 2.05) is 48.5 Å². The van der Waals surface area contributed by atoms with Crippen molar-refractivity contribution in [1.82, 2.24) is 10.1 Å². The maximum Gasteiger partial charge on any atom is 0.231 e. The lowest BCUT2D eigenvalue weighted by atomic mass is 10.1. The molecule has 0 atom stereocenters. The first-order valence-electron chi connectivity index (χ1n) is 6.56. The molecule has 0 aliphatic heterocycles. The van der Waals surface area contributed by atoms with Crippen molar-refractivity contribution in [3.63, 3.8) is 0 Å². The summed E-state index contributed by atoms with van der Waals surface area (Å²) in [5.74, 6) is 1.91. The fourth-order valence-electron chi connectivity index (χ4n) is 2.08. The smallest absolute Gasteiger partial charge is 0.231 e. The molecular weight excluding hydrogens is 266 g/mol. The predicted octanol–water partition coefficient (Wildman–Crippen LogP) is 2.92. The lowest BCUT2D eigenvalue weighted by molar-refractivity contribution is 0.385. The van der Waals surface area contributed by atoms with Crippen LogP contribution in [-0.4, -0.2) is 17.3 Å². The second-order valence-corrected chi connectivity index (χ2v) is 4.67. The molecule has 3 rings (SSSR count). The van der Waals surface area contributed by atoms with E-state index in [9.17, 15) is 0 Å². The minimum atomic E-state index is 0.542. The molecule has 1 aromatic heterocycles. The van der Waals surface area contributed by atoms with Crippen molar-refractivity contribution in [2.45, 2.75) is 6.42 Å². The highest BCUT2D eigenvalue weighted by Crippen LogP contribution is 2.20. The van der Waals surface area contributed by atoms with Crippen LogP contribution < -0.4 is 10.5 Å². The van der Waals surface area contributed by atoms with Crippen LogP contribution in [0.4, 0.5) is 5.69 Å². The van der Waals surface area contributed by atoms with Crippen LogP contribution in [0, 0.1) is 0 Å². The molecular formula is C16H15N3O2. The third-order valence-corrected chi connectivity index (χ3v) is 3.10. The second kappa shape index (κ2) is 5.66. The number of hydrogen-bond acceptors (Lipinski definition) is 5. The fraction of sp³-hybridized carbons (Fsp3) is 0.125. The van der Waals surface area contributed by atoms with Gasteiger partial charge in [0.25, 0.3) is 0 Å². The molecule has 0 amide bonds. The van der Waals surface area contributed by atoms with Crippen LogP contribution in [0.15, 0.2) is 53.1 Å². The minimum Gasteiger partial charge on any atom is -0.497 e. The summed E-state index contributed by atoms with van der Waals surface area (Å²) in [6.07, 6.45) is 0.562. The highest BCUT2D eigenvalue weighted by molar-refractivity contribution is 5.60. The predicted molar refractivity (Wildman–Crippen MR) is 79.9 cm³/mol. The molecule has 1 heterocycles. The lowest BCUT2D eigenvalue weighted by Gasteiger charge is -2.01. The zero-order valence-corrected chi connectivity index (χ0v) is 11.6. The Balaban J connectivity index is 1.81. The molecule has 0 saturated carbocycles. The molecule has 2 N–H and O–H groups in total. The summed E-state index contributed by atoms with van der Waals surface area (Å²) in [5, 5.41) is 3.99. The Kier molecular flexibility index (Phi) is 3.55. The summed E-state index contributed by atoms with van der Waals surface area (Å²) in [7, 11) is 1.64. The summed E-state index contributed by atoms with van der Waals surface area (Å²) in [5.41, 5.74) is 8.33. The third kappa shape index (κ3) is 3.02. The number of methoxy groups -OCH3 is 1. The highest BCUT2D eigenvalue weighted by atomic mass is 16.5. The van der Waals surface area contributed by atoms with Gasteiger partial charge in [0, 0.05) is 11.3 Å². The van der Waals surface area contributed by atoms with Crippen LogP contribution in [0.3, 0.4) is 0 Å². The number of anilines is 1. The van der Waals surface area contributed by atoms with E-state index in [4.69, 9.17) is 15.0 Å². The van der Waals surface area contributed by atoms with Crippen molar-refractivity contribution in [3.05, 3.63) is 60.0 Å². The summed E-state index contributed by atoms with van der Waals surface area (Å²) < 4.78 is 10.5. The third-order valence-electron chi connectivity index (χ3n) is 3.10. The Hall–Kier alpha value is -2.82. The number of rotatable bonds is 4. The highest BCUT2D eigenvalue weighted by Gasteiger charge is 2.09. The Labute approximate surface area is 122 Å². The first-order valence-corrected chi connectivity index (χ1v) is 6.56. The van der Waals surface area contributed by atoms with Crippen molar-refractivity contribution in [2.75, 3.05) is 12.8 Å². The van der Waals surface area contributed by atoms with Crippen molar-refractivity contribution in [3.8, 4) is 17.1 Å². The van der Waals surface area contributed by atoms with Crippen molar-refractivity contribution >= 4 is 5.69 Å². The quantitative estimate of drug-likeness (QED) is 0.744. The van der Waals surface area contributed by atoms with Gasteiger partial charge in [-0.25, -0.2) is 0 Å². The van der Waals surface area contributed by atoms with E-state index >= 15 is 0 Å². The van der Waals surface area contributed by atoms with E-state index in [2.05, 4.69) is 10.1 Å². The number of nitrogen functional groups attached to an aromatic ring is 1. The van der Waals surface area contributed by atoms with E-state index in [0.717, 1.165) is 16.9 Å². The molecule has 0 spiro atoms. The van der Waals surface area contributed by atoms with E-state index in [-0.39, 0.29) is 0 Å². The number of nitrogens with zero attached hydrogens (tertiary/aromatic N) is 2. The maximum atomic E-state index is 5.76. The van der Waals surface area contributed by atoms with E-state index in [0.29, 0.717) is 23.8 Å². The van der Waals surface area contributed by atoms with Crippen molar-refractivity contribution in [2.24, 2.45) is 0 Å². The molecule has 0 aliphatic carbocycles. The minimum absolute atomic E-state index is 0.542. The average Bonchev–Trinajstić information content (AvgIpc) is 2.96. The largest absolute Gasteiger partial charge is 0.497 e. The Morgan fingerprint density at radius 1 is 1.14 bits per heavy atom. The lowest BCUT2D eigenvalue weighted by Crippen LogP contribution is -1.90. The van der Waals surface area contributed by atoms with E-state index in [1.165, 1.54) is 0 Å². The van der Waals surface area contributed by atoms with Gasteiger partial charge in [-0.05, 0) is 29.8 Å². The summed E-state index contributed by atoms with van der Waals surface area (Å²) >= 11 is 0. The van der Waals surface area contributed by atoms with Gasteiger partial charge in [0.15, 0.2) is 0 Å². The molecule has 3 aromatic rings.